The predicted molar refractivity (Wildman–Crippen MR) is 139 cm³/mol. The van der Waals surface area contributed by atoms with Crippen LogP contribution in [0.2, 0.25) is 0 Å². The highest BCUT2D eigenvalue weighted by Gasteiger charge is 2.28. The van der Waals surface area contributed by atoms with Crippen molar-refractivity contribution in [3.8, 4) is 11.1 Å². The fraction of sp³-hybridized carbons (Fsp3) is 0.370. The fourth-order valence-corrected chi connectivity index (χ4v) is 5.31. The first kappa shape index (κ1) is 22.6. The number of nitrogens with zero attached hydrogens (tertiary/aromatic N) is 6. The Balaban J connectivity index is 1.21. The summed E-state index contributed by atoms with van der Waals surface area (Å²) < 4.78 is 1.84. The average Bonchev–Trinajstić information content (AvgIpc) is 3.17. The summed E-state index contributed by atoms with van der Waals surface area (Å²) in [5.74, 6) is 2.35. The van der Waals surface area contributed by atoms with E-state index in [-0.39, 0.29) is 12.5 Å². The van der Waals surface area contributed by atoms with Gasteiger partial charge in [-0.2, -0.15) is 5.10 Å². The average molecular weight is 483 g/mol. The van der Waals surface area contributed by atoms with Crippen molar-refractivity contribution in [2.45, 2.75) is 45.7 Å². The van der Waals surface area contributed by atoms with Gasteiger partial charge in [-0.1, -0.05) is 12.1 Å². The number of piperidine rings is 1. The molecule has 9 heteroatoms. The standard InChI is InChI=1S/C27H30N8O/c1-17-24(15-29-18(2)31-17)19-3-4-20-14-30-25(12-21(20)11-19)32-26-13-23-7-10-34(22-5-8-28-9-6-22)27(36)16-35(23)33-26/h3-4,11-15,22,28H,5-10,16H2,1-2H3,(H,30,32,33). The maximum Gasteiger partial charge on any atom is 0.244 e. The molecule has 5 heterocycles. The summed E-state index contributed by atoms with van der Waals surface area (Å²) in [7, 11) is 0. The molecule has 6 rings (SSSR count). The molecule has 0 unspecified atom stereocenters. The minimum atomic E-state index is 0.155. The number of aromatic nitrogens is 5. The zero-order valence-electron chi connectivity index (χ0n) is 20.7. The Morgan fingerprint density at radius 3 is 2.69 bits per heavy atom. The summed E-state index contributed by atoms with van der Waals surface area (Å²) in [6, 6.07) is 10.7. The topological polar surface area (TPSA) is 101 Å². The number of rotatable bonds is 4. The van der Waals surface area contributed by atoms with Crippen molar-refractivity contribution in [3.63, 3.8) is 0 Å². The number of hydrogen-bond donors (Lipinski definition) is 2. The summed E-state index contributed by atoms with van der Waals surface area (Å²) >= 11 is 0. The lowest BCUT2D eigenvalue weighted by atomic mass is 10.0. The van der Waals surface area contributed by atoms with Gasteiger partial charge >= 0.3 is 0 Å². The lowest BCUT2D eigenvalue weighted by Gasteiger charge is -2.33. The second kappa shape index (κ2) is 9.31. The molecule has 0 aliphatic carbocycles. The van der Waals surface area contributed by atoms with Gasteiger partial charge in [-0.25, -0.2) is 15.0 Å². The van der Waals surface area contributed by atoms with Gasteiger partial charge in [-0.15, -0.1) is 0 Å². The van der Waals surface area contributed by atoms with Crippen LogP contribution in [0.25, 0.3) is 21.9 Å². The van der Waals surface area contributed by atoms with Gasteiger partial charge in [-0.3, -0.25) is 9.48 Å². The molecule has 1 aromatic carbocycles. The van der Waals surface area contributed by atoms with E-state index in [1.54, 1.807) is 0 Å². The monoisotopic (exact) mass is 482 g/mol. The zero-order valence-corrected chi connectivity index (χ0v) is 20.7. The van der Waals surface area contributed by atoms with Gasteiger partial charge in [0.2, 0.25) is 5.91 Å². The van der Waals surface area contributed by atoms with Gasteiger partial charge in [0.1, 0.15) is 18.2 Å². The second-order valence-corrected chi connectivity index (χ2v) is 9.67. The summed E-state index contributed by atoms with van der Waals surface area (Å²) in [6.45, 7) is 6.89. The van der Waals surface area contributed by atoms with Crippen LogP contribution in [-0.4, -0.2) is 61.2 Å². The summed E-state index contributed by atoms with van der Waals surface area (Å²) in [5.41, 5.74) is 4.12. The molecule has 184 valence electrons. The van der Waals surface area contributed by atoms with Crippen LogP contribution in [0.5, 0.6) is 0 Å². The molecule has 0 saturated carbocycles. The van der Waals surface area contributed by atoms with Crippen molar-refractivity contribution >= 4 is 28.3 Å². The molecule has 0 atom stereocenters. The first-order chi connectivity index (χ1) is 17.5. The number of fused-ring (bicyclic) bond motifs is 2. The molecule has 2 aliphatic rings. The number of pyridine rings is 1. The molecular weight excluding hydrogens is 452 g/mol. The number of anilines is 2. The van der Waals surface area contributed by atoms with E-state index in [9.17, 15) is 4.79 Å². The highest BCUT2D eigenvalue weighted by Crippen LogP contribution is 2.28. The molecule has 36 heavy (non-hydrogen) atoms. The molecule has 1 saturated heterocycles. The molecule has 3 aromatic heterocycles. The van der Waals surface area contributed by atoms with Gasteiger partial charge in [0.25, 0.3) is 0 Å². The Morgan fingerprint density at radius 1 is 1.00 bits per heavy atom. The Kier molecular flexibility index (Phi) is 5.85. The molecule has 9 nitrogen and oxygen atoms in total. The van der Waals surface area contributed by atoms with Crippen molar-refractivity contribution < 1.29 is 4.79 Å². The predicted octanol–water partition coefficient (Wildman–Crippen LogP) is 3.39. The first-order valence-corrected chi connectivity index (χ1v) is 12.6. The number of aryl methyl sites for hydroxylation is 2. The van der Waals surface area contributed by atoms with Gasteiger partial charge in [0, 0.05) is 59.8 Å². The second-order valence-electron chi connectivity index (χ2n) is 9.67. The largest absolute Gasteiger partial charge is 0.338 e. The van der Waals surface area contributed by atoms with Crippen molar-refractivity contribution in [1.29, 1.82) is 0 Å². The van der Waals surface area contributed by atoms with E-state index in [4.69, 9.17) is 5.10 Å². The number of benzene rings is 1. The molecule has 0 bridgehead atoms. The summed E-state index contributed by atoms with van der Waals surface area (Å²) in [4.78, 5) is 28.5. The number of amides is 1. The Morgan fingerprint density at radius 2 is 1.86 bits per heavy atom. The van der Waals surface area contributed by atoms with E-state index < -0.39 is 0 Å². The normalized spacial score (nSPS) is 16.7. The SMILES string of the molecule is Cc1ncc(-c2ccc3cnc(Nc4cc5n(n4)CC(=O)N(C4CCNCC4)CC5)cc3c2)c(C)n1. The molecule has 2 aliphatic heterocycles. The number of nitrogens with one attached hydrogen (secondary N) is 2. The summed E-state index contributed by atoms with van der Waals surface area (Å²) in [6.07, 6.45) is 6.59. The third-order valence-electron chi connectivity index (χ3n) is 7.22. The van der Waals surface area contributed by atoms with E-state index in [1.807, 2.05) is 43.1 Å². The molecule has 1 amide bonds. The lowest BCUT2D eigenvalue weighted by molar-refractivity contribution is -0.134. The van der Waals surface area contributed by atoms with Crippen molar-refractivity contribution in [2.75, 3.05) is 25.0 Å². The number of hydrogen-bond acceptors (Lipinski definition) is 7. The Bertz CT molecular complexity index is 1440. The maximum absolute atomic E-state index is 13.0. The fourth-order valence-electron chi connectivity index (χ4n) is 5.31. The van der Waals surface area contributed by atoms with E-state index in [1.165, 1.54) is 0 Å². The molecule has 1 fully saturated rings. The van der Waals surface area contributed by atoms with Crippen LogP contribution in [0, 0.1) is 13.8 Å². The Hall–Kier alpha value is -3.85. The number of carbonyl (C=O) groups is 1. The van der Waals surface area contributed by atoms with Gasteiger partial charge in [0.05, 0.1) is 0 Å². The van der Waals surface area contributed by atoms with E-state index in [0.29, 0.717) is 17.7 Å². The van der Waals surface area contributed by atoms with Gasteiger partial charge in [-0.05, 0) is 62.9 Å². The van der Waals surface area contributed by atoms with E-state index >= 15 is 0 Å². The first-order valence-electron chi connectivity index (χ1n) is 12.6. The minimum Gasteiger partial charge on any atom is -0.338 e. The zero-order chi connectivity index (χ0) is 24.6. The Labute approximate surface area is 210 Å². The van der Waals surface area contributed by atoms with Gasteiger partial charge in [0.15, 0.2) is 5.82 Å². The maximum atomic E-state index is 13.0. The number of carbonyl (C=O) groups excluding carboxylic acids is 1. The minimum absolute atomic E-state index is 0.155. The van der Waals surface area contributed by atoms with Crippen LogP contribution < -0.4 is 10.6 Å². The van der Waals surface area contributed by atoms with Crippen molar-refractivity contribution in [3.05, 3.63) is 59.9 Å². The smallest absolute Gasteiger partial charge is 0.244 e. The third kappa shape index (κ3) is 4.42. The van der Waals surface area contributed by atoms with Crippen LogP contribution in [0.3, 0.4) is 0 Å². The molecule has 4 aromatic rings. The van der Waals surface area contributed by atoms with Gasteiger partial charge < -0.3 is 15.5 Å². The molecule has 0 spiro atoms. The van der Waals surface area contributed by atoms with Crippen molar-refractivity contribution in [1.82, 2.24) is 34.9 Å². The molecular formula is C27H30N8O. The quantitative estimate of drug-likeness (QED) is 0.460. The highest BCUT2D eigenvalue weighted by molar-refractivity contribution is 5.89. The molecule has 2 N–H and O–H groups in total. The highest BCUT2D eigenvalue weighted by atomic mass is 16.2. The van der Waals surface area contributed by atoms with Crippen LogP contribution in [0.4, 0.5) is 11.6 Å². The lowest BCUT2D eigenvalue weighted by Crippen LogP contribution is -2.47. The van der Waals surface area contributed by atoms with Crippen LogP contribution in [0.1, 0.15) is 30.1 Å². The van der Waals surface area contributed by atoms with E-state index in [2.05, 4.69) is 48.7 Å². The summed E-state index contributed by atoms with van der Waals surface area (Å²) in [5, 5.41) is 13.5. The van der Waals surface area contributed by atoms with Crippen LogP contribution in [0.15, 0.2) is 42.7 Å². The van der Waals surface area contributed by atoms with Crippen LogP contribution in [-0.2, 0) is 17.8 Å². The molecule has 0 radical (unpaired) electrons. The third-order valence-corrected chi connectivity index (χ3v) is 7.22. The van der Waals surface area contributed by atoms with Crippen molar-refractivity contribution in [2.24, 2.45) is 0 Å². The van der Waals surface area contributed by atoms with Crippen LogP contribution >= 0.6 is 0 Å². The van der Waals surface area contributed by atoms with E-state index in [0.717, 1.165) is 78.0 Å².